The molecule has 1 aromatic carbocycles. The monoisotopic (exact) mass is 343 g/mol. The van der Waals surface area contributed by atoms with E-state index in [1.807, 2.05) is 20.8 Å². The third kappa shape index (κ3) is 5.59. The van der Waals surface area contributed by atoms with Crippen molar-refractivity contribution in [2.75, 3.05) is 13.6 Å². The number of aryl methyl sites for hydroxylation is 1. The molecule has 0 radical (unpaired) electrons. The Kier molecular flexibility index (Phi) is 6.17. The van der Waals surface area contributed by atoms with Crippen LogP contribution in [0.4, 0.5) is 0 Å². The number of guanidine groups is 1. The molecule has 6 nitrogen and oxygen atoms in total. The van der Waals surface area contributed by atoms with Gasteiger partial charge in [0.1, 0.15) is 0 Å². The Morgan fingerprint density at radius 2 is 1.88 bits per heavy atom. The lowest BCUT2D eigenvalue weighted by molar-refractivity contribution is 0.318. The smallest absolute Gasteiger partial charge is 0.232 e. The van der Waals surface area contributed by atoms with Gasteiger partial charge in [0.05, 0.1) is 6.54 Å². The predicted octanol–water partition coefficient (Wildman–Crippen LogP) is 3.14. The number of rotatable bonds is 5. The van der Waals surface area contributed by atoms with Gasteiger partial charge in [-0.05, 0) is 18.4 Å². The van der Waals surface area contributed by atoms with Crippen molar-refractivity contribution in [2.45, 2.75) is 52.5 Å². The second-order valence-electron chi connectivity index (χ2n) is 7.38. The summed E-state index contributed by atoms with van der Waals surface area (Å²) in [5.74, 6) is 2.37. The highest BCUT2D eigenvalue weighted by Gasteiger charge is 2.21. The van der Waals surface area contributed by atoms with Crippen molar-refractivity contribution >= 4 is 5.96 Å². The normalized spacial score (nSPS) is 13.6. The molecule has 136 valence electrons. The van der Waals surface area contributed by atoms with Crippen molar-refractivity contribution in [3.05, 3.63) is 47.1 Å². The SMILES string of the molecule is CN=C(NCc1noc(C(C)(C)C)n1)NCC(C)c1ccc(C)cc1. The Labute approximate surface area is 150 Å². The number of nitrogens with one attached hydrogen (secondary N) is 2. The zero-order valence-corrected chi connectivity index (χ0v) is 16.1. The number of benzene rings is 1. The highest BCUT2D eigenvalue weighted by molar-refractivity contribution is 5.79. The van der Waals surface area contributed by atoms with E-state index in [4.69, 9.17) is 4.52 Å². The molecule has 0 saturated heterocycles. The molecule has 0 amide bonds. The molecule has 0 saturated carbocycles. The minimum atomic E-state index is -0.144. The summed E-state index contributed by atoms with van der Waals surface area (Å²) in [7, 11) is 1.75. The third-order valence-electron chi connectivity index (χ3n) is 3.97. The first-order valence-corrected chi connectivity index (χ1v) is 8.63. The molecule has 2 aromatic rings. The Morgan fingerprint density at radius 3 is 2.44 bits per heavy atom. The van der Waals surface area contributed by atoms with Gasteiger partial charge in [-0.1, -0.05) is 62.7 Å². The Balaban J connectivity index is 1.84. The largest absolute Gasteiger partial charge is 0.356 e. The second-order valence-corrected chi connectivity index (χ2v) is 7.38. The lowest BCUT2D eigenvalue weighted by atomic mass is 9.97. The first kappa shape index (κ1) is 19.0. The van der Waals surface area contributed by atoms with Crippen LogP contribution < -0.4 is 10.6 Å². The molecule has 0 aliphatic heterocycles. The van der Waals surface area contributed by atoms with Crippen LogP contribution in [0.15, 0.2) is 33.8 Å². The molecule has 0 bridgehead atoms. The van der Waals surface area contributed by atoms with Crippen molar-refractivity contribution < 1.29 is 4.52 Å². The summed E-state index contributed by atoms with van der Waals surface area (Å²) in [6.45, 7) is 11.7. The number of hydrogen-bond acceptors (Lipinski definition) is 4. The van der Waals surface area contributed by atoms with Crippen LogP contribution in [0.2, 0.25) is 0 Å². The predicted molar refractivity (Wildman–Crippen MR) is 101 cm³/mol. The van der Waals surface area contributed by atoms with E-state index in [2.05, 4.69) is 63.9 Å². The Bertz CT molecular complexity index is 697. The first-order valence-electron chi connectivity index (χ1n) is 8.63. The van der Waals surface area contributed by atoms with Gasteiger partial charge in [-0.25, -0.2) is 0 Å². The molecular weight excluding hydrogens is 314 g/mol. The number of nitrogens with zero attached hydrogens (tertiary/aromatic N) is 3. The number of hydrogen-bond donors (Lipinski definition) is 2. The van der Waals surface area contributed by atoms with Gasteiger partial charge in [0, 0.05) is 19.0 Å². The van der Waals surface area contributed by atoms with E-state index >= 15 is 0 Å². The molecule has 0 aliphatic rings. The topological polar surface area (TPSA) is 75.3 Å². The maximum atomic E-state index is 5.30. The molecule has 1 heterocycles. The summed E-state index contributed by atoms with van der Waals surface area (Å²) < 4.78 is 5.30. The van der Waals surface area contributed by atoms with Crippen LogP contribution in [0, 0.1) is 6.92 Å². The van der Waals surface area contributed by atoms with Crippen molar-refractivity contribution in [3.63, 3.8) is 0 Å². The van der Waals surface area contributed by atoms with Gasteiger partial charge in [0.15, 0.2) is 11.8 Å². The molecule has 2 rings (SSSR count). The van der Waals surface area contributed by atoms with E-state index in [0.717, 1.165) is 12.5 Å². The molecule has 1 atom stereocenters. The molecule has 2 N–H and O–H groups in total. The summed E-state index contributed by atoms with van der Waals surface area (Å²) in [5, 5.41) is 10.6. The van der Waals surface area contributed by atoms with Crippen LogP contribution in [0.3, 0.4) is 0 Å². The highest BCUT2D eigenvalue weighted by atomic mass is 16.5. The van der Waals surface area contributed by atoms with Gasteiger partial charge < -0.3 is 15.2 Å². The molecule has 6 heteroatoms. The van der Waals surface area contributed by atoms with E-state index in [1.165, 1.54) is 11.1 Å². The van der Waals surface area contributed by atoms with Crippen LogP contribution in [-0.2, 0) is 12.0 Å². The van der Waals surface area contributed by atoms with Gasteiger partial charge >= 0.3 is 0 Å². The maximum absolute atomic E-state index is 5.30. The van der Waals surface area contributed by atoms with Crippen LogP contribution in [0.25, 0.3) is 0 Å². The molecule has 1 unspecified atom stereocenters. The van der Waals surface area contributed by atoms with E-state index in [0.29, 0.717) is 24.2 Å². The fourth-order valence-electron chi connectivity index (χ4n) is 2.28. The lowest BCUT2D eigenvalue weighted by Gasteiger charge is -2.16. The van der Waals surface area contributed by atoms with E-state index in [9.17, 15) is 0 Å². The van der Waals surface area contributed by atoms with Crippen LogP contribution in [0.5, 0.6) is 0 Å². The summed E-state index contributed by atoms with van der Waals surface area (Å²) in [5.41, 5.74) is 2.44. The first-order chi connectivity index (χ1) is 11.8. The standard InChI is InChI=1S/C19H29N5O/c1-13-7-9-15(10-8-13)14(2)11-21-18(20-6)22-12-16-23-17(25-24-16)19(3,4)5/h7-10,14H,11-12H2,1-6H3,(H2,20,21,22). The molecular formula is C19H29N5O. The molecule has 0 aliphatic carbocycles. The van der Waals surface area contributed by atoms with Gasteiger partial charge in [-0.15, -0.1) is 0 Å². The van der Waals surface area contributed by atoms with E-state index < -0.39 is 0 Å². The fourth-order valence-corrected chi connectivity index (χ4v) is 2.28. The summed E-state index contributed by atoms with van der Waals surface area (Å²) >= 11 is 0. The van der Waals surface area contributed by atoms with E-state index in [1.54, 1.807) is 7.05 Å². The fraction of sp³-hybridized carbons (Fsp3) is 0.526. The number of aromatic nitrogens is 2. The second kappa shape index (κ2) is 8.14. The van der Waals surface area contributed by atoms with Gasteiger partial charge in [0.2, 0.25) is 5.89 Å². The minimum absolute atomic E-state index is 0.144. The lowest BCUT2D eigenvalue weighted by Crippen LogP contribution is -2.38. The summed E-state index contributed by atoms with van der Waals surface area (Å²) in [4.78, 5) is 8.66. The van der Waals surface area contributed by atoms with Gasteiger partial charge in [0.25, 0.3) is 0 Å². The van der Waals surface area contributed by atoms with Crippen molar-refractivity contribution in [2.24, 2.45) is 4.99 Å². The van der Waals surface area contributed by atoms with Crippen molar-refractivity contribution in [1.29, 1.82) is 0 Å². The molecule has 25 heavy (non-hydrogen) atoms. The highest BCUT2D eigenvalue weighted by Crippen LogP contribution is 2.19. The number of aliphatic imine (C=N–C) groups is 1. The average molecular weight is 343 g/mol. The third-order valence-corrected chi connectivity index (χ3v) is 3.97. The molecule has 0 fully saturated rings. The van der Waals surface area contributed by atoms with Gasteiger partial charge in [-0.2, -0.15) is 4.98 Å². The van der Waals surface area contributed by atoms with Crippen molar-refractivity contribution in [1.82, 2.24) is 20.8 Å². The van der Waals surface area contributed by atoms with Crippen LogP contribution in [-0.4, -0.2) is 29.7 Å². The Morgan fingerprint density at radius 1 is 1.20 bits per heavy atom. The van der Waals surface area contributed by atoms with E-state index in [-0.39, 0.29) is 5.41 Å². The van der Waals surface area contributed by atoms with Gasteiger partial charge in [-0.3, -0.25) is 4.99 Å². The minimum Gasteiger partial charge on any atom is -0.356 e. The molecule has 0 spiro atoms. The summed E-state index contributed by atoms with van der Waals surface area (Å²) in [6.07, 6.45) is 0. The van der Waals surface area contributed by atoms with Crippen LogP contribution >= 0.6 is 0 Å². The summed E-state index contributed by atoms with van der Waals surface area (Å²) in [6, 6.07) is 8.63. The quantitative estimate of drug-likeness (QED) is 0.644. The maximum Gasteiger partial charge on any atom is 0.232 e. The Hall–Kier alpha value is -2.37. The molecule has 1 aromatic heterocycles. The zero-order valence-electron chi connectivity index (χ0n) is 16.1. The zero-order chi connectivity index (χ0) is 18.4. The van der Waals surface area contributed by atoms with Crippen molar-refractivity contribution in [3.8, 4) is 0 Å². The average Bonchev–Trinajstić information content (AvgIpc) is 3.04. The van der Waals surface area contributed by atoms with Crippen LogP contribution in [0.1, 0.15) is 56.5 Å².